The van der Waals surface area contributed by atoms with Gasteiger partial charge in [-0.1, -0.05) is 36.7 Å². The Hall–Kier alpha value is -1.57. The molecule has 2 aromatic rings. The van der Waals surface area contributed by atoms with Crippen molar-refractivity contribution in [3.05, 3.63) is 41.6 Å². The van der Waals surface area contributed by atoms with Crippen molar-refractivity contribution in [2.24, 2.45) is 0 Å². The molecule has 0 radical (unpaired) electrons. The molecule has 0 aliphatic heterocycles. The van der Waals surface area contributed by atoms with Crippen LogP contribution < -0.4 is 0 Å². The van der Waals surface area contributed by atoms with E-state index < -0.39 is 0 Å². The average molecular weight is 269 g/mol. The third kappa shape index (κ3) is 2.65. The van der Waals surface area contributed by atoms with E-state index >= 15 is 0 Å². The third-order valence-corrected chi connectivity index (χ3v) is 4.42. The minimum absolute atomic E-state index is 0.535. The van der Waals surface area contributed by atoms with Crippen LogP contribution in [-0.4, -0.2) is 5.16 Å². The maximum atomic E-state index is 5.53. The summed E-state index contributed by atoms with van der Waals surface area (Å²) in [6.45, 7) is 6.36. The molecule has 0 bridgehead atoms. The van der Waals surface area contributed by atoms with E-state index in [0.29, 0.717) is 5.92 Å². The van der Waals surface area contributed by atoms with E-state index in [4.69, 9.17) is 4.52 Å². The van der Waals surface area contributed by atoms with Crippen molar-refractivity contribution in [3.63, 3.8) is 0 Å². The number of aryl methyl sites for hydroxylation is 1. The Morgan fingerprint density at radius 1 is 1.30 bits per heavy atom. The van der Waals surface area contributed by atoms with Gasteiger partial charge in [0.1, 0.15) is 0 Å². The topological polar surface area (TPSA) is 26.0 Å². The average Bonchev–Trinajstić information content (AvgIpc) is 2.74. The van der Waals surface area contributed by atoms with E-state index in [1.54, 1.807) is 0 Å². The lowest BCUT2D eigenvalue weighted by Gasteiger charge is -2.10. The highest BCUT2D eigenvalue weighted by molar-refractivity contribution is 5.80. The number of aromatic nitrogens is 1. The molecule has 1 aliphatic carbocycles. The summed E-state index contributed by atoms with van der Waals surface area (Å²) in [5, 5.41) is 5.61. The number of hydrogen-bond donors (Lipinski definition) is 0. The van der Waals surface area contributed by atoms with Gasteiger partial charge in [0.15, 0.2) is 5.58 Å². The van der Waals surface area contributed by atoms with Crippen LogP contribution in [0, 0.1) is 0 Å². The first-order valence-electron chi connectivity index (χ1n) is 7.82. The lowest BCUT2D eigenvalue weighted by Crippen LogP contribution is -1.98. The smallest absolute Gasteiger partial charge is 0.167 e. The molecule has 3 rings (SSSR count). The molecule has 1 saturated carbocycles. The first kappa shape index (κ1) is 13.4. The zero-order valence-corrected chi connectivity index (χ0v) is 12.3. The first-order valence-corrected chi connectivity index (χ1v) is 7.82. The zero-order valence-electron chi connectivity index (χ0n) is 12.3. The van der Waals surface area contributed by atoms with Crippen LogP contribution in [0.4, 0.5) is 0 Å². The van der Waals surface area contributed by atoms with Gasteiger partial charge in [-0.2, -0.15) is 0 Å². The lowest BCUT2D eigenvalue weighted by atomic mass is 9.93. The van der Waals surface area contributed by atoms with Crippen LogP contribution in [0.5, 0.6) is 0 Å². The molecular weight excluding hydrogens is 246 g/mol. The molecular formula is C18H23NO. The van der Waals surface area contributed by atoms with Gasteiger partial charge in [-0.3, -0.25) is 0 Å². The standard InChI is InChI=1S/C18H23NO/c1-3-5-14-9-11-17-16(12-14)18(19-20-17)15-7-4-6-13(2)8-10-15/h9,11-12,15H,2-8,10H2,1H3. The van der Waals surface area contributed by atoms with Gasteiger partial charge >= 0.3 is 0 Å². The molecule has 2 heteroatoms. The third-order valence-electron chi connectivity index (χ3n) is 4.42. The summed E-state index contributed by atoms with van der Waals surface area (Å²) in [6.07, 6.45) is 8.21. The molecule has 1 heterocycles. The highest BCUT2D eigenvalue weighted by Crippen LogP contribution is 2.36. The van der Waals surface area contributed by atoms with Crippen molar-refractivity contribution in [1.29, 1.82) is 0 Å². The van der Waals surface area contributed by atoms with Crippen LogP contribution in [0.25, 0.3) is 11.0 Å². The second-order valence-electron chi connectivity index (χ2n) is 6.03. The summed E-state index contributed by atoms with van der Waals surface area (Å²) in [4.78, 5) is 0. The second kappa shape index (κ2) is 5.82. The fourth-order valence-corrected chi connectivity index (χ4v) is 3.26. The number of fused-ring (bicyclic) bond motifs is 1. The number of allylic oxidation sites excluding steroid dienone is 1. The Balaban J connectivity index is 1.93. The number of hydrogen-bond acceptors (Lipinski definition) is 2. The van der Waals surface area contributed by atoms with Crippen molar-refractivity contribution in [2.45, 2.75) is 57.8 Å². The van der Waals surface area contributed by atoms with E-state index in [1.165, 1.54) is 54.3 Å². The second-order valence-corrected chi connectivity index (χ2v) is 6.03. The largest absolute Gasteiger partial charge is 0.356 e. The van der Waals surface area contributed by atoms with Gasteiger partial charge in [0.2, 0.25) is 0 Å². The van der Waals surface area contributed by atoms with Crippen molar-refractivity contribution in [1.82, 2.24) is 5.16 Å². The van der Waals surface area contributed by atoms with Crippen LogP contribution in [0.2, 0.25) is 0 Å². The summed E-state index contributed by atoms with van der Waals surface area (Å²) < 4.78 is 5.53. The summed E-state index contributed by atoms with van der Waals surface area (Å²) in [6, 6.07) is 6.52. The molecule has 2 nitrogen and oxygen atoms in total. The van der Waals surface area contributed by atoms with Gasteiger partial charge in [0.05, 0.1) is 5.69 Å². The molecule has 0 amide bonds. The normalized spacial score (nSPS) is 20.2. The molecule has 0 N–H and O–H groups in total. The molecule has 1 aromatic carbocycles. The van der Waals surface area contributed by atoms with E-state index in [9.17, 15) is 0 Å². The number of rotatable bonds is 3. The molecule has 1 atom stereocenters. The zero-order chi connectivity index (χ0) is 13.9. The molecule has 106 valence electrons. The van der Waals surface area contributed by atoms with Gasteiger partial charge in [0, 0.05) is 11.3 Å². The molecule has 1 aliphatic rings. The molecule has 1 fully saturated rings. The van der Waals surface area contributed by atoms with E-state index in [1.807, 2.05) is 0 Å². The number of nitrogens with zero attached hydrogens (tertiary/aromatic N) is 1. The van der Waals surface area contributed by atoms with Crippen LogP contribution >= 0.6 is 0 Å². The van der Waals surface area contributed by atoms with E-state index in [2.05, 4.69) is 36.9 Å². The Kier molecular flexibility index (Phi) is 3.90. The fourth-order valence-electron chi connectivity index (χ4n) is 3.26. The van der Waals surface area contributed by atoms with E-state index in [0.717, 1.165) is 18.4 Å². The van der Waals surface area contributed by atoms with Crippen molar-refractivity contribution < 1.29 is 4.52 Å². The Morgan fingerprint density at radius 2 is 2.20 bits per heavy atom. The Morgan fingerprint density at radius 3 is 3.05 bits per heavy atom. The first-order chi connectivity index (χ1) is 9.78. The van der Waals surface area contributed by atoms with Crippen molar-refractivity contribution in [3.8, 4) is 0 Å². The maximum Gasteiger partial charge on any atom is 0.167 e. The van der Waals surface area contributed by atoms with Gasteiger partial charge in [-0.25, -0.2) is 0 Å². The minimum atomic E-state index is 0.535. The van der Waals surface area contributed by atoms with Crippen LogP contribution in [0.3, 0.4) is 0 Å². The molecule has 1 unspecified atom stereocenters. The summed E-state index contributed by atoms with van der Waals surface area (Å²) in [5.41, 5.74) is 4.89. The predicted molar refractivity (Wildman–Crippen MR) is 83.0 cm³/mol. The lowest BCUT2D eigenvalue weighted by molar-refractivity contribution is 0.429. The highest BCUT2D eigenvalue weighted by Gasteiger charge is 2.21. The SMILES string of the molecule is C=C1CCCC(c2noc3ccc(CCC)cc23)CC1. The van der Waals surface area contributed by atoms with Crippen LogP contribution in [0.15, 0.2) is 34.9 Å². The molecule has 20 heavy (non-hydrogen) atoms. The maximum absolute atomic E-state index is 5.53. The predicted octanol–water partition coefficient (Wildman–Crippen LogP) is 5.38. The van der Waals surface area contributed by atoms with E-state index in [-0.39, 0.29) is 0 Å². The minimum Gasteiger partial charge on any atom is -0.356 e. The van der Waals surface area contributed by atoms with Gasteiger partial charge < -0.3 is 4.52 Å². The summed E-state index contributed by atoms with van der Waals surface area (Å²) in [5.74, 6) is 0.535. The number of benzene rings is 1. The van der Waals surface area contributed by atoms with Crippen molar-refractivity contribution >= 4 is 11.0 Å². The Bertz CT molecular complexity index is 611. The molecule has 0 saturated heterocycles. The van der Waals surface area contributed by atoms with Gasteiger partial charge in [-0.15, -0.1) is 0 Å². The molecule has 0 spiro atoms. The summed E-state index contributed by atoms with van der Waals surface area (Å²) >= 11 is 0. The molecule has 1 aromatic heterocycles. The highest BCUT2D eigenvalue weighted by atomic mass is 16.5. The summed E-state index contributed by atoms with van der Waals surface area (Å²) in [7, 11) is 0. The van der Waals surface area contributed by atoms with Crippen LogP contribution in [0.1, 0.15) is 62.6 Å². The Labute approximate surface area is 120 Å². The monoisotopic (exact) mass is 269 g/mol. The van der Waals surface area contributed by atoms with Gasteiger partial charge in [0.25, 0.3) is 0 Å². The van der Waals surface area contributed by atoms with Crippen molar-refractivity contribution in [2.75, 3.05) is 0 Å². The quantitative estimate of drug-likeness (QED) is 0.552. The van der Waals surface area contributed by atoms with Gasteiger partial charge in [-0.05, 0) is 56.2 Å². The van der Waals surface area contributed by atoms with Crippen LogP contribution in [-0.2, 0) is 6.42 Å². The fraction of sp³-hybridized carbons (Fsp3) is 0.500.